The van der Waals surface area contributed by atoms with Gasteiger partial charge in [0.2, 0.25) is 0 Å². The number of carbonyl (C=O) groups excluding carboxylic acids is 1. The van der Waals surface area contributed by atoms with Crippen LogP contribution < -0.4 is 11.3 Å². The fourth-order valence-electron chi connectivity index (χ4n) is 4.27. The molecule has 0 aliphatic heterocycles. The van der Waals surface area contributed by atoms with Gasteiger partial charge in [0.15, 0.2) is 11.5 Å². The lowest BCUT2D eigenvalue weighted by Crippen LogP contribution is -2.20. The molecule has 0 saturated heterocycles. The third-order valence-corrected chi connectivity index (χ3v) is 5.89. The Kier molecular flexibility index (Phi) is 5.33. The van der Waals surface area contributed by atoms with E-state index in [1.807, 2.05) is 0 Å². The molecule has 5 rings (SSSR count). The van der Waals surface area contributed by atoms with E-state index in [0.717, 1.165) is 0 Å². The van der Waals surface area contributed by atoms with Crippen molar-refractivity contribution in [1.29, 1.82) is 0 Å². The number of hydrogen-bond donors (Lipinski definition) is 2. The normalized spacial score (nSPS) is 12.0. The summed E-state index contributed by atoms with van der Waals surface area (Å²) in [4.78, 5) is 38.7. The maximum atomic E-state index is 13.2. The number of ether oxygens (including phenoxy) is 1. The molecular formula is C27H18O8. The van der Waals surface area contributed by atoms with E-state index in [1.54, 1.807) is 42.5 Å². The summed E-state index contributed by atoms with van der Waals surface area (Å²) in [6, 6.07) is 18.8. The number of carbonyl (C=O) groups is 1. The fraction of sp³-hybridized carbons (Fsp3) is 0.0741. The molecule has 2 heterocycles. The first-order valence-corrected chi connectivity index (χ1v) is 10.6. The smallest absolute Gasteiger partial charge is 0.344 e. The van der Waals surface area contributed by atoms with Crippen molar-refractivity contribution in [2.24, 2.45) is 0 Å². The first kappa shape index (κ1) is 22.0. The first-order valence-electron chi connectivity index (χ1n) is 10.6. The van der Waals surface area contributed by atoms with Crippen molar-refractivity contribution in [1.82, 2.24) is 0 Å². The van der Waals surface area contributed by atoms with Crippen molar-refractivity contribution in [2.75, 3.05) is 7.11 Å². The zero-order chi connectivity index (χ0) is 24.7. The molecule has 1 unspecified atom stereocenters. The predicted molar refractivity (Wildman–Crippen MR) is 127 cm³/mol. The van der Waals surface area contributed by atoms with Crippen LogP contribution in [0.1, 0.15) is 33.2 Å². The van der Waals surface area contributed by atoms with Crippen LogP contribution in [-0.4, -0.2) is 23.3 Å². The Bertz CT molecular complexity index is 1730. The van der Waals surface area contributed by atoms with E-state index in [2.05, 4.69) is 0 Å². The van der Waals surface area contributed by atoms with Crippen LogP contribution in [0.3, 0.4) is 0 Å². The summed E-state index contributed by atoms with van der Waals surface area (Å²) in [6.07, 6.45) is 0. The Hall–Kier alpha value is -4.85. The van der Waals surface area contributed by atoms with Gasteiger partial charge in [-0.3, -0.25) is 0 Å². The first-order chi connectivity index (χ1) is 16.9. The standard InChI is InChI=1S/C27H18O8/c1-33-25(30)16-10-4-2-8-14(16)20(21-22(28)18-12-6-7-13-19(18)34-27(21)32)24-23(29)15-9-3-5-11-17(15)26(31)35-24/h2-13,20,28-29H,1H3. The molecule has 8 nitrogen and oxygen atoms in total. The monoisotopic (exact) mass is 470 g/mol. The minimum atomic E-state index is -1.39. The number of esters is 1. The van der Waals surface area contributed by atoms with Crippen molar-refractivity contribution >= 4 is 27.7 Å². The molecule has 8 heteroatoms. The second-order valence-electron chi connectivity index (χ2n) is 7.81. The largest absolute Gasteiger partial charge is 0.507 e. The second kappa shape index (κ2) is 8.49. The summed E-state index contributed by atoms with van der Waals surface area (Å²) in [5, 5.41) is 22.9. The topological polar surface area (TPSA) is 127 Å². The van der Waals surface area contributed by atoms with E-state index in [4.69, 9.17) is 13.6 Å². The molecule has 2 aromatic heterocycles. The molecule has 0 saturated carbocycles. The number of benzene rings is 3. The van der Waals surface area contributed by atoms with Crippen molar-refractivity contribution in [3.05, 3.63) is 116 Å². The van der Waals surface area contributed by atoms with Crippen LogP contribution >= 0.6 is 0 Å². The third kappa shape index (κ3) is 3.52. The highest BCUT2D eigenvalue weighted by atomic mass is 16.5. The van der Waals surface area contributed by atoms with E-state index in [1.165, 1.54) is 37.4 Å². The lowest BCUT2D eigenvalue weighted by Gasteiger charge is -2.21. The third-order valence-electron chi connectivity index (χ3n) is 5.89. The second-order valence-corrected chi connectivity index (χ2v) is 7.81. The Morgan fingerprint density at radius 3 is 2.14 bits per heavy atom. The molecule has 1 atom stereocenters. The number of fused-ring (bicyclic) bond motifs is 2. The summed E-state index contributed by atoms with van der Waals surface area (Å²) >= 11 is 0. The number of hydrogen-bond acceptors (Lipinski definition) is 8. The predicted octanol–water partition coefficient (Wildman–Crippen LogP) is 4.28. The van der Waals surface area contributed by atoms with E-state index >= 15 is 0 Å². The highest BCUT2D eigenvalue weighted by molar-refractivity contribution is 5.93. The van der Waals surface area contributed by atoms with Crippen LogP contribution in [-0.2, 0) is 4.74 Å². The lowest BCUT2D eigenvalue weighted by atomic mass is 9.85. The Balaban J connectivity index is 1.94. The number of aromatic hydroxyl groups is 2. The Labute approximate surface area is 197 Å². The van der Waals surface area contributed by atoms with Gasteiger partial charge in [-0.1, -0.05) is 48.5 Å². The zero-order valence-corrected chi connectivity index (χ0v) is 18.3. The van der Waals surface area contributed by atoms with Gasteiger partial charge < -0.3 is 23.8 Å². The summed E-state index contributed by atoms with van der Waals surface area (Å²) in [7, 11) is 1.20. The van der Waals surface area contributed by atoms with E-state index < -0.39 is 34.6 Å². The van der Waals surface area contributed by atoms with E-state index in [9.17, 15) is 24.6 Å². The molecule has 0 bridgehead atoms. The summed E-state index contributed by atoms with van der Waals surface area (Å²) in [5.74, 6) is -3.29. The molecule has 0 spiro atoms. The van der Waals surface area contributed by atoms with Gasteiger partial charge in [0.25, 0.3) is 0 Å². The van der Waals surface area contributed by atoms with Crippen LogP contribution in [0.2, 0.25) is 0 Å². The van der Waals surface area contributed by atoms with Crippen molar-refractivity contribution < 1.29 is 28.6 Å². The van der Waals surface area contributed by atoms with Gasteiger partial charge in [0.05, 0.1) is 34.9 Å². The highest BCUT2D eigenvalue weighted by Gasteiger charge is 2.34. The summed E-state index contributed by atoms with van der Waals surface area (Å²) < 4.78 is 15.9. The van der Waals surface area contributed by atoms with Gasteiger partial charge in [0.1, 0.15) is 11.3 Å². The average Bonchev–Trinajstić information content (AvgIpc) is 2.88. The molecule has 0 aliphatic rings. The highest BCUT2D eigenvalue weighted by Crippen LogP contribution is 2.43. The quantitative estimate of drug-likeness (QED) is 0.294. The number of para-hydroxylation sites is 1. The number of rotatable bonds is 4. The average molecular weight is 470 g/mol. The van der Waals surface area contributed by atoms with Gasteiger partial charge in [-0.25, -0.2) is 14.4 Å². The van der Waals surface area contributed by atoms with Crippen LogP contribution in [0.25, 0.3) is 21.7 Å². The summed E-state index contributed by atoms with van der Waals surface area (Å²) in [5.41, 5.74) is -1.66. The molecule has 0 aliphatic carbocycles. The molecule has 0 amide bonds. The number of methoxy groups -OCH3 is 1. The Morgan fingerprint density at radius 2 is 1.40 bits per heavy atom. The SMILES string of the molecule is COC(=O)c1ccccc1C(c1oc(=O)c2ccccc2c1O)c1c(O)c2ccccc2oc1=O. The molecule has 0 radical (unpaired) electrons. The lowest BCUT2D eigenvalue weighted by molar-refractivity contribution is 0.0599. The van der Waals surface area contributed by atoms with Crippen LogP contribution in [0.4, 0.5) is 0 Å². The van der Waals surface area contributed by atoms with E-state index in [-0.39, 0.29) is 44.2 Å². The van der Waals surface area contributed by atoms with Gasteiger partial charge in [0, 0.05) is 5.39 Å². The van der Waals surface area contributed by atoms with Crippen LogP contribution in [0.15, 0.2) is 91.2 Å². The summed E-state index contributed by atoms with van der Waals surface area (Å²) in [6.45, 7) is 0. The van der Waals surface area contributed by atoms with Gasteiger partial charge in [-0.2, -0.15) is 0 Å². The molecule has 0 fully saturated rings. The van der Waals surface area contributed by atoms with Crippen LogP contribution in [0, 0.1) is 0 Å². The van der Waals surface area contributed by atoms with Crippen molar-refractivity contribution in [3.63, 3.8) is 0 Å². The molecule has 35 heavy (non-hydrogen) atoms. The zero-order valence-electron chi connectivity index (χ0n) is 18.3. The van der Waals surface area contributed by atoms with Crippen molar-refractivity contribution in [2.45, 2.75) is 5.92 Å². The van der Waals surface area contributed by atoms with E-state index in [0.29, 0.717) is 0 Å². The molecule has 3 aromatic carbocycles. The minimum absolute atomic E-state index is 0.0437. The fourth-order valence-corrected chi connectivity index (χ4v) is 4.27. The van der Waals surface area contributed by atoms with Gasteiger partial charge in [-0.15, -0.1) is 0 Å². The maximum Gasteiger partial charge on any atom is 0.344 e. The van der Waals surface area contributed by atoms with Crippen molar-refractivity contribution in [3.8, 4) is 11.5 Å². The molecule has 174 valence electrons. The molecule has 2 N–H and O–H groups in total. The van der Waals surface area contributed by atoms with Crippen LogP contribution in [0.5, 0.6) is 11.5 Å². The maximum absolute atomic E-state index is 13.2. The van der Waals surface area contributed by atoms with Gasteiger partial charge in [-0.05, 0) is 29.8 Å². The minimum Gasteiger partial charge on any atom is -0.507 e. The molecular weight excluding hydrogens is 452 g/mol. The Morgan fingerprint density at radius 1 is 0.771 bits per heavy atom. The molecule has 5 aromatic rings. The van der Waals surface area contributed by atoms with Gasteiger partial charge >= 0.3 is 17.2 Å².